The third kappa shape index (κ3) is 1.57. The highest BCUT2D eigenvalue weighted by Crippen LogP contribution is 2.38. The lowest BCUT2D eigenvalue weighted by atomic mass is 10.2. The predicted octanol–water partition coefficient (Wildman–Crippen LogP) is 2.12. The van der Waals surface area contributed by atoms with E-state index in [2.05, 4.69) is 34.7 Å². The second kappa shape index (κ2) is 3.86. The van der Waals surface area contributed by atoms with E-state index in [1.54, 1.807) is 11.3 Å². The molecule has 2 unspecified atom stereocenters. The van der Waals surface area contributed by atoms with Crippen molar-refractivity contribution in [3.63, 3.8) is 0 Å². The van der Waals surface area contributed by atoms with Crippen molar-refractivity contribution >= 4 is 17.2 Å². The summed E-state index contributed by atoms with van der Waals surface area (Å²) in [5.41, 5.74) is 0. The summed E-state index contributed by atoms with van der Waals surface area (Å²) in [4.78, 5) is 15.5. The quantitative estimate of drug-likeness (QED) is 0.872. The van der Waals surface area contributed by atoms with Crippen molar-refractivity contribution in [2.24, 2.45) is 0 Å². The van der Waals surface area contributed by atoms with E-state index in [1.807, 2.05) is 0 Å². The first kappa shape index (κ1) is 10.3. The van der Waals surface area contributed by atoms with Gasteiger partial charge in [0.15, 0.2) is 0 Å². The lowest BCUT2D eigenvalue weighted by Crippen LogP contribution is -2.32. The molecular formula is C12H16N2OS. The van der Waals surface area contributed by atoms with Crippen molar-refractivity contribution in [1.82, 2.24) is 10.2 Å². The molecule has 1 aromatic rings. The molecule has 1 amide bonds. The Hall–Kier alpha value is -0.870. The van der Waals surface area contributed by atoms with Crippen molar-refractivity contribution in [2.75, 3.05) is 0 Å². The molecule has 16 heavy (non-hydrogen) atoms. The van der Waals surface area contributed by atoms with Crippen LogP contribution in [0.2, 0.25) is 0 Å². The fourth-order valence-corrected chi connectivity index (χ4v) is 3.13. The fraction of sp³-hybridized carbons (Fsp3) is 0.583. The van der Waals surface area contributed by atoms with Crippen LogP contribution in [0.1, 0.15) is 37.2 Å². The predicted molar refractivity (Wildman–Crippen MR) is 64.1 cm³/mol. The van der Waals surface area contributed by atoms with E-state index in [4.69, 9.17) is 0 Å². The van der Waals surface area contributed by atoms with Gasteiger partial charge in [-0.3, -0.25) is 10.1 Å². The molecular weight excluding hydrogens is 220 g/mol. The van der Waals surface area contributed by atoms with Crippen LogP contribution in [0.5, 0.6) is 0 Å². The lowest BCUT2D eigenvalue weighted by Gasteiger charge is -2.22. The summed E-state index contributed by atoms with van der Waals surface area (Å²) in [5, 5.41) is 5.53. The van der Waals surface area contributed by atoms with Crippen LogP contribution in [0.4, 0.5) is 0 Å². The molecule has 1 N–H and O–H groups in total. The third-order valence-electron chi connectivity index (χ3n) is 3.35. The molecule has 2 heterocycles. The summed E-state index contributed by atoms with van der Waals surface area (Å²) in [6, 6.07) is 4.68. The number of rotatable bonds is 3. The third-order valence-corrected chi connectivity index (χ3v) is 4.28. The van der Waals surface area contributed by atoms with Gasteiger partial charge in [0.2, 0.25) is 5.91 Å². The van der Waals surface area contributed by atoms with Crippen LogP contribution in [0.15, 0.2) is 17.5 Å². The Morgan fingerprint density at radius 2 is 2.38 bits per heavy atom. The van der Waals surface area contributed by atoms with Gasteiger partial charge >= 0.3 is 0 Å². The molecule has 0 radical (unpaired) electrons. The van der Waals surface area contributed by atoms with E-state index in [0.717, 1.165) is 6.42 Å². The van der Waals surface area contributed by atoms with E-state index in [-0.39, 0.29) is 12.2 Å². The van der Waals surface area contributed by atoms with E-state index in [1.165, 1.54) is 17.7 Å². The van der Waals surface area contributed by atoms with Crippen molar-refractivity contribution in [1.29, 1.82) is 0 Å². The highest BCUT2D eigenvalue weighted by Gasteiger charge is 2.46. The van der Waals surface area contributed by atoms with Crippen LogP contribution in [0.3, 0.4) is 0 Å². The maximum Gasteiger partial charge on any atom is 0.241 e. The number of carbonyl (C=O) groups is 1. The van der Waals surface area contributed by atoms with Crippen molar-refractivity contribution < 1.29 is 4.79 Å². The van der Waals surface area contributed by atoms with Gasteiger partial charge in [0, 0.05) is 10.9 Å². The zero-order chi connectivity index (χ0) is 11.1. The number of nitrogens with zero attached hydrogens (tertiary/aromatic N) is 1. The highest BCUT2D eigenvalue weighted by molar-refractivity contribution is 7.10. The molecule has 0 bridgehead atoms. The molecule has 2 fully saturated rings. The van der Waals surface area contributed by atoms with Crippen LogP contribution < -0.4 is 5.32 Å². The van der Waals surface area contributed by atoms with Gasteiger partial charge < -0.3 is 4.90 Å². The number of hydrogen-bond donors (Lipinski definition) is 1. The topological polar surface area (TPSA) is 32.3 Å². The molecule has 4 heteroatoms. The number of hydrogen-bond acceptors (Lipinski definition) is 3. The molecule has 1 saturated carbocycles. The Bertz CT molecular complexity index is 386. The molecule has 3 rings (SSSR count). The first-order valence-electron chi connectivity index (χ1n) is 5.93. The largest absolute Gasteiger partial charge is 0.318 e. The standard InChI is InChI=1S/C12H16N2OS/c1-2-9-12(15)14(8-5-6-8)11(13-9)10-4-3-7-16-10/h3-4,7-9,11,13H,2,5-6H2,1H3. The summed E-state index contributed by atoms with van der Waals surface area (Å²) in [5.74, 6) is 0.295. The van der Waals surface area contributed by atoms with Crippen molar-refractivity contribution in [2.45, 2.75) is 44.4 Å². The van der Waals surface area contributed by atoms with Gasteiger partial charge in [-0.15, -0.1) is 11.3 Å². The molecule has 2 aliphatic rings. The molecule has 0 aromatic carbocycles. The Labute approximate surface area is 99.5 Å². The van der Waals surface area contributed by atoms with Gasteiger partial charge in [0.25, 0.3) is 0 Å². The molecule has 2 atom stereocenters. The molecule has 1 aliphatic carbocycles. The average Bonchev–Trinajstić information content (AvgIpc) is 2.87. The Balaban J connectivity index is 1.89. The Morgan fingerprint density at radius 3 is 2.94 bits per heavy atom. The maximum absolute atomic E-state index is 12.2. The van der Waals surface area contributed by atoms with Crippen molar-refractivity contribution in [3.8, 4) is 0 Å². The summed E-state index contributed by atoms with van der Waals surface area (Å²) in [7, 11) is 0. The van der Waals surface area contributed by atoms with Crippen LogP contribution >= 0.6 is 11.3 Å². The zero-order valence-corrected chi connectivity index (χ0v) is 10.2. The minimum Gasteiger partial charge on any atom is -0.318 e. The van der Waals surface area contributed by atoms with Gasteiger partial charge in [0.05, 0.1) is 6.04 Å². The first-order valence-corrected chi connectivity index (χ1v) is 6.81. The molecule has 1 saturated heterocycles. The lowest BCUT2D eigenvalue weighted by molar-refractivity contribution is -0.130. The van der Waals surface area contributed by atoms with Crippen LogP contribution in [-0.2, 0) is 4.79 Å². The normalized spacial score (nSPS) is 30.1. The van der Waals surface area contributed by atoms with E-state index < -0.39 is 0 Å². The van der Waals surface area contributed by atoms with E-state index in [0.29, 0.717) is 11.9 Å². The number of carbonyl (C=O) groups excluding carboxylic acids is 1. The number of nitrogens with one attached hydrogen (secondary N) is 1. The summed E-state index contributed by atoms with van der Waals surface area (Å²) in [6.45, 7) is 2.07. The summed E-state index contributed by atoms with van der Waals surface area (Å²) >= 11 is 1.73. The Kier molecular flexibility index (Phi) is 2.48. The molecule has 1 aromatic heterocycles. The molecule has 86 valence electrons. The van der Waals surface area contributed by atoms with Gasteiger partial charge in [-0.2, -0.15) is 0 Å². The van der Waals surface area contributed by atoms with Gasteiger partial charge in [-0.25, -0.2) is 0 Å². The minimum atomic E-state index is 0.0210. The summed E-state index contributed by atoms with van der Waals surface area (Å²) in [6.07, 6.45) is 3.35. The Morgan fingerprint density at radius 1 is 1.56 bits per heavy atom. The smallest absolute Gasteiger partial charge is 0.241 e. The van der Waals surface area contributed by atoms with Gasteiger partial charge in [-0.1, -0.05) is 13.0 Å². The molecule has 1 aliphatic heterocycles. The van der Waals surface area contributed by atoms with Crippen LogP contribution in [0, 0.1) is 0 Å². The monoisotopic (exact) mass is 236 g/mol. The molecule has 3 nitrogen and oxygen atoms in total. The number of amides is 1. The second-order valence-electron chi connectivity index (χ2n) is 4.52. The summed E-state index contributed by atoms with van der Waals surface area (Å²) < 4.78 is 0. The van der Waals surface area contributed by atoms with Crippen LogP contribution in [-0.4, -0.2) is 22.9 Å². The van der Waals surface area contributed by atoms with Gasteiger partial charge in [0.1, 0.15) is 6.17 Å². The second-order valence-corrected chi connectivity index (χ2v) is 5.50. The zero-order valence-electron chi connectivity index (χ0n) is 9.35. The van der Waals surface area contributed by atoms with Gasteiger partial charge in [-0.05, 0) is 30.7 Å². The highest BCUT2D eigenvalue weighted by atomic mass is 32.1. The average molecular weight is 236 g/mol. The first-order chi connectivity index (χ1) is 7.81. The SMILES string of the molecule is CCC1NC(c2cccs2)N(C2CC2)C1=O. The van der Waals surface area contributed by atoms with Crippen LogP contribution in [0.25, 0.3) is 0 Å². The fourth-order valence-electron chi connectivity index (χ4n) is 2.35. The van der Waals surface area contributed by atoms with E-state index >= 15 is 0 Å². The van der Waals surface area contributed by atoms with E-state index in [9.17, 15) is 4.79 Å². The minimum absolute atomic E-state index is 0.0210. The maximum atomic E-state index is 12.2. The molecule has 0 spiro atoms. The number of thiophene rings is 1. The van der Waals surface area contributed by atoms with Crippen molar-refractivity contribution in [3.05, 3.63) is 22.4 Å².